The lowest BCUT2D eigenvalue weighted by molar-refractivity contribution is -0.384. The molecule has 0 saturated carbocycles. The minimum atomic E-state index is -0.608. The molecule has 0 aliphatic carbocycles. The van der Waals surface area contributed by atoms with E-state index in [0.717, 1.165) is 16.1 Å². The Hall–Kier alpha value is -2.74. The molecule has 2 rings (SSSR count). The third kappa shape index (κ3) is 5.12. The second kappa shape index (κ2) is 8.39. The highest BCUT2D eigenvalue weighted by Crippen LogP contribution is 2.23. The third-order valence-corrected chi connectivity index (χ3v) is 3.97. The van der Waals surface area contributed by atoms with Gasteiger partial charge in [-0.2, -0.15) is 0 Å². The molecule has 0 spiro atoms. The number of nitrogens with zero attached hydrogens (tertiary/aromatic N) is 1. The molecule has 0 aliphatic rings. The highest BCUT2D eigenvalue weighted by Gasteiger charge is 2.14. The third-order valence-electron chi connectivity index (χ3n) is 3.44. The summed E-state index contributed by atoms with van der Waals surface area (Å²) >= 11 is 3.35. The Kier molecular flexibility index (Phi) is 6.24. The Morgan fingerprint density at radius 2 is 2.00 bits per heavy atom. The minimum absolute atomic E-state index is 0.0166. The van der Waals surface area contributed by atoms with E-state index >= 15 is 0 Å². The maximum absolute atomic E-state index is 12.0. The van der Waals surface area contributed by atoms with E-state index in [9.17, 15) is 19.7 Å². The minimum Gasteiger partial charge on any atom is -0.483 e. The maximum atomic E-state index is 12.0. The number of ether oxygens (including phenoxy) is 1. The number of carbonyl (C=O) groups excluding carboxylic acids is 2. The number of amides is 1. The van der Waals surface area contributed by atoms with Gasteiger partial charge in [-0.1, -0.05) is 28.1 Å². The number of rotatable bonds is 7. The van der Waals surface area contributed by atoms with Gasteiger partial charge in [-0.05, 0) is 30.7 Å². The Balaban J connectivity index is 1.96. The number of halogens is 1. The Morgan fingerprint density at radius 1 is 1.32 bits per heavy atom. The molecule has 1 unspecified atom stereocenters. The lowest BCUT2D eigenvalue weighted by Gasteiger charge is -2.15. The summed E-state index contributed by atoms with van der Waals surface area (Å²) in [7, 11) is 0. The van der Waals surface area contributed by atoms with Crippen LogP contribution in [-0.4, -0.2) is 23.7 Å². The molecule has 0 aliphatic heterocycles. The van der Waals surface area contributed by atoms with Gasteiger partial charge in [0.2, 0.25) is 0 Å². The number of hydrogen-bond donors (Lipinski definition) is 1. The fourth-order valence-corrected chi connectivity index (χ4v) is 2.40. The van der Waals surface area contributed by atoms with Gasteiger partial charge in [0.1, 0.15) is 5.75 Å². The second-order valence-electron chi connectivity index (χ2n) is 5.23. The van der Waals surface area contributed by atoms with Crippen LogP contribution in [0.2, 0.25) is 0 Å². The molecule has 0 heterocycles. The molecule has 1 atom stereocenters. The van der Waals surface area contributed by atoms with Crippen molar-refractivity contribution in [3.05, 3.63) is 68.2 Å². The van der Waals surface area contributed by atoms with Gasteiger partial charge in [-0.25, -0.2) is 0 Å². The summed E-state index contributed by atoms with van der Waals surface area (Å²) in [5, 5.41) is 13.5. The highest BCUT2D eigenvalue weighted by atomic mass is 79.9. The van der Waals surface area contributed by atoms with Gasteiger partial charge in [0, 0.05) is 16.6 Å². The van der Waals surface area contributed by atoms with Crippen LogP contribution in [-0.2, 0) is 4.79 Å². The van der Waals surface area contributed by atoms with E-state index in [2.05, 4.69) is 21.2 Å². The molecule has 1 N–H and O–H groups in total. The average Bonchev–Trinajstić information content (AvgIpc) is 2.60. The first-order valence-corrected chi connectivity index (χ1v) is 8.11. The fraction of sp³-hybridized carbons (Fsp3) is 0.176. The summed E-state index contributed by atoms with van der Waals surface area (Å²) in [6.07, 6.45) is 0.449. The van der Waals surface area contributed by atoms with Crippen molar-refractivity contribution >= 4 is 33.8 Å². The van der Waals surface area contributed by atoms with Crippen molar-refractivity contribution in [1.82, 2.24) is 5.32 Å². The molecule has 2 aromatic carbocycles. The molecule has 0 aromatic heterocycles. The van der Waals surface area contributed by atoms with Gasteiger partial charge in [0.05, 0.1) is 16.5 Å². The van der Waals surface area contributed by atoms with E-state index in [1.54, 1.807) is 0 Å². The molecule has 1 amide bonds. The first-order valence-electron chi connectivity index (χ1n) is 7.32. The second-order valence-corrected chi connectivity index (χ2v) is 6.14. The average molecular weight is 407 g/mol. The zero-order chi connectivity index (χ0) is 18.4. The van der Waals surface area contributed by atoms with Crippen molar-refractivity contribution in [1.29, 1.82) is 0 Å². The fourth-order valence-electron chi connectivity index (χ4n) is 2.13. The highest BCUT2D eigenvalue weighted by molar-refractivity contribution is 9.10. The molecule has 7 nitrogen and oxygen atoms in total. The quantitative estimate of drug-likeness (QED) is 0.431. The van der Waals surface area contributed by atoms with Gasteiger partial charge < -0.3 is 10.1 Å². The molecule has 0 bridgehead atoms. The molecule has 130 valence electrons. The van der Waals surface area contributed by atoms with Gasteiger partial charge >= 0.3 is 0 Å². The lowest BCUT2D eigenvalue weighted by atomic mass is 10.1. The standard InChI is InChI=1S/C17H15BrN2O5/c1-11(12-2-4-14(18)5-3-12)19-17(22)10-25-16-7-6-15(20(23)24)8-13(16)9-21/h2-9,11H,10H2,1H3,(H,19,22). The van der Waals surface area contributed by atoms with E-state index in [1.165, 1.54) is 12.1 Å². The summed E-state index contributed by atoms with van der Waals surface area (Å²) in [5.41, 5.74) is 0.728. The first kappa shape index (κ1) is 18.6. The van der Waals surface area contributed by atoms with E-state index < -0.39 is 4.92 Å². The van der Waals surface area contributed by atoms with Crippen molar-refractivity contribution in [2.45, 2.75) is 13.0 Å². The zero-order valence-electron chi connectivity index (χ0n) is 13.3. The van der Waals surface area contributed by atoms with Crippen LogP contribution < -0.4 is 10.1 Å². The van der Waals surface area contributed by atoms with Crippen LogP contribution in [0, 0.1) is 10.1 Å². The summed E-state index contributed by atoms with van der Waals surface area (Å²) in [6.45, 7) is 1.53. The van der Waals surface area contributed by atoms with Crippen molar-refractivity contribution < 1.29 is 19.2 Å². The molecular weight excluding hydrogens is 392 g/mol. The SMILES string of the molecule is CC(NC(=O)COc1ccc([N+](=O)[O-])cc1C=O)c1ccc(Br)cc1. The molecule has 0 radical (unpaired) electrons. The van der Waals surface area contributed by atoms with E-state index in [4.69, 9.17) is 4.74 Å². The Morgan fingerprint density at radius 3 is 2.60 bits per heavy atom. The van der Waals surface area contributed by atoms with Crippen molar-refractivity contribution in [3.8, 4) is 5.75 Å². The van der Waals surface area contributed by atoms with Crippen molar-refractivity contribution in [2.75, 3.05) is 6.61 Å². The number of carbonyl (C=O) groups is 2. The largest absolute Gasteiger partial charge is 0.483 e. The molecule has 0 fully saturated rings. The van der Waals surface area contributed by atoms with Gasteiger partial charge in [0.15, 0.2) is 12.9 Å². The van der Waals surface area contributed by atoms with E-state index in [-0.39, 0.29) is 35.6 Å². The number of nitro groups is 1. The number of aldehydes is 1. The predicted molar refractivity (Wildman–Crippen MR) is 94.7 cm³/mol. The lowest BCUT2D eigenvalue weighted by Crippen LogP contribution is -2.31. The van der Waals surface area contributed by atoms with Crippen molar-refractivity contribution in [2.24, 2.45) is 0 Å². The van der Waals surface area contributed by atoms with E-state index in [1.807, 2.05) is 31.2 Å². The summed E-state index contributed by atoms with van der Waals surface area (Å²) in [5.74, 6) is -0.252. The Bertz CT molecular complexity index is 792. The van der Waals surface area contributed by atoms with E-state index in [0.29, 0.717) is 6.29 Å². The number of benzene rings is 2. The van der Waals surface area contributed by atoms with Gasteiger partial charge in [0.25, 0.3) is 11.6 Å². The van der Waals surface area contributed by atoms with Crippen LogP contribution in [0.1, 0.15) is 28.9 Å². The number of hydrogen-bond acceptors (Lipinski definition) is 5. The zero-order valence-corrected chi connectivity index (χ0v) is 14.9. The molecule has 2 aromatic rings. The molecule has 8 heteroatoms. The first-order chi connectivity index (χ1) is 11.9. The number of nitro benzene ring substituents is 1. The number of nitrogens with one attached hydrogen (secondary N) is 1. The summed E-state index contributed by atoms with van der Waals surface area (Å²) < 4.78 is 6.25. The van der Waals surface area contributed by atoms with Crippen LogP contribution in [0.15, 0.2) is 46.9 Å². The van der Waals surface area contributed by atoms with Crippen LogP contribution in [0.25, 0.3) is 0 Å². The molecule has 25 heavy (non-hydrogen) atoms. The number of non-ortho nitro benzene ring substituents is 1. The summed E-state index contributed by atoms with van der Waals surface area (Å²) in [4.78, 5) is 33.1. The predicted octanol–water partition coefficient (Wildman–Crippen LogP) is 3.43. The topological polar surface area (TPSA) is 98.5 Å². The van der Waals surface area contributed by atoms with Crippen LogP contribution >= 0.6 is 15.9 Å². The van der Waals surface area contributed by atoms with Crippen LogP contribution in [0.5, 0.6) is 5.75 Å². The van der Waals surface area contributed by atoms with Crippen molar-refractivity contribution in [3.63, 3.8) is 0 Å². The maximum Gasteiger partial charge on any atom is 0.270 e. The van der Waals surface area contributed by atoms with Crippen LogP contribution in [0.3, 0.4) is 0 Å². The molecular formula is C17H15BrN2O5. The monoisotopic (exact) mass is 406 g/mol. The smallest absolute Gasteiger partial charge is 0.270 e. The summed E-state index contributed by atoms with van der Waals surface area (Å²) in [6, 6.07) is 10.9. The molecule has 0 saturated heterocycles. The van der Waals surface area contributed by atoms with Gasteiger partial charge in [-0.15, -0.1) is 0 Å². The normalized spacial score (nSPS) is 11.4. The van der Waals surface area contributed by atoms with Crippen LogP contribution in [0.4, 0.5) is 5.69 Å². The van der Waals surface area contributed by atoms with Gasteiger partial charge in [-0.3, -0.25) is 19.7 Å². The Labute approximate surface area is 152 Å².